The lowest BCUT2D eigenvalue weighted by Crippen LogP contribution is -2.26. The van der Waals surface area contributed by atoms with Gasteiger partial charge in [-0.2, -0.15) is 0 Å². The van der Waals surface area contributed by atoms with Crippen LogP contribution in [0.4, 0.5) is 5.13 Å². The van der Waals surface area contributed by atoms with Gasteiger partial charge in [0.05, 0.1) is 15.7 Å². The monoisotopic (exact) mass is 475 g/mol. The molecule has 3 aromatic rings. The zero-order valence-electron chi connectivity index (χ0n) is 17.3. The van der Waals surface area contributed by atoms with Crippen LogP contribution in [-0.4, -0.2) is 28.6 Å². The minimum absolute atomic E-state index is 0.130. The molecule has 0 spiro atoms. The number of rotatable bonds is 10. The summed E-state index contributed by atoms with van der Waals surface area (Å²) in [4.78, 5) is 34.7. The molecule has 0 atom stereocenters. The van der Waals surface area contributed by atoms with Gasteiger partial charge >= 0.3 is 0 Å². The van der Waals surface area contributed by atoms with Crippen LogP contribution in [0, 0.1) is 5.92 Å². The highest BCUT2D eigenvalue weighted by molar-refractivity contribution is 7.16. The van der Waals surface area contributed by atoms with Crippen LogP contribution in [0.2, 0.25) is 10.0 Å². The Hall–Kier alpha value is -2.28. The second-order valence-electron chi connectivity index (χ2n) is 7.61. The van der Waals surface area contributed by atoms with Crippen molar-refractivity contribution in [2.45, 2.75) is 33.2 Å². The summed E-state index contributed by atoms with van der Waals surface area (Å²) in [7, 11) is 0. The molecule has 1 aromatic carbocycles. The molecule has 0 aliphatic carbocycles. The molecule has 0 N–H and O–H groups in total. The Bertz CT molecular complexity index is 1050. The quantitative estimate of drug-likeness (QED) is 0.270. The van der Waals surface area contributed by atoms with Crippen molar-refractivity contribution < 1.29 is 9.59 Å². The molecule has 0 aliphatic heterocycles. The van der Waals surface area contributed by atoms with E-state index in [9.17, 15) is 9.59 Å². The Balaban J connectivity index is 2.00. The molecule has 5 nitrogen and oxygen atoms in total. The Labute approximate surface area is 196 Å². The maximum absolute atomic E-state index is 11.7. The van der Waals surface area contributed by atoms with E-state index in [4.69, 9.17) is 28.2 Å². The number of nitrogens with zero attached hydrogens (tertiary/aromatic N) is 3. The minimum atomic E-state index is -0.431. The molecular weight excluding hydrogens is 453 g/mol. The van der Waals surface area contributed by atoms with Crippen molar-refractivity contribution in [2.24, 2.45) is 5.92 Å². The Morgan fingerprint density at radius 2 is 2.03 bits per heavy atom. The molecule has 0 bridgehead atoms. The van der Waals surface area contributed by atoms with Gasteiger partial charge in [-0.05, 0) is 36.1 Å². The predicted octanol–water partition coefficient (Wildman–Crippen LogP) is 5.88. The van der Waals surface area contributed by atoms with Crippen LogP contribution in [0.25, 0.3) is 11.3 Å². The first-order valence-electron chi connectivity index (χ1n) is 9.94. The van der Waals surface area contributed by atoms with Crippen LogP contribution >= 0.6 is 34.5 Å². The van der Waals surface area contributed by atoms with Crippen molar-refractivity contribution in [3.05, 3.63) is 63.2 Å². The van der Waals surface area contributed by atoms with Crippen LogP contribution in [0.5, 0.6) is 0 Å². The summed E-state index contributed by atoms with van der Waals surface area (Å²) in [5.41, 5.74) is 2.76. The second kappa shape index (κ2) is 10.8. The number of benzene rings is 1. The molecule has 0 fully saturated rings. The molecule has 3 rings (SSSR count). The van der Waals surface area contributed by atoms with E-state index >= 15 is 0 Å². The van der Waals surface area contributed by atoms with Gasteiger partial charge in [0, 0.05) is 42.3 Å². The van der Waals surface area contributed by atoms with Gasteiger partial charge in [-0.3, -0.25) is 14.6 Å². The first-order chi connectivity index (χ1) is 14.9. The van der Waals surface area contributed by atoms with Gasteiger partial charge in [-0.25, -0.2) is 4.98 Å². The van der Waals surface area contributed by atoms with Crippen molar-refractivity contribution >= 4 is 51.7 Å². The Morgan fingerprint density at radius 3 is 2.68 bits per heavy atom. The second-order valence-corrected chi connectivity index (χ2v) is 9.49. The maximum atomic E-state index is 11.7. The van der Waals surface area contributed by atoms with Gasteiger partial charge in [0.2, 0.25) is 0 Å². The normalized spacial score (nSPS) is 11.0. The standard InChI is InChI=1S/C23H23Cl2N3O2S/c1-15(2)10-21-22(17-5-6-19(24)20(25)11-17)27-23(31-21)28(9-7-18(30)14-29)13-16-4-3-8-26-12-16/h3-6,8,11-12,14-15H,7,9-10,13H2,1-2H3. The summed E-state index contributed by atoms with van der Waals surface area (Å²) in [5.74, 6) is 0.0121. The molecule has 0 aliphatic rings. The molecule has 0 unspecified atom stereocenters. The number of pyridine rings is 1. The zero-order valence-corrected chi connectivity index (χ0v) is 19.7. The fourth-order valence-electron chi connectivity index (χ4n) is 3.11. The molecule has 8 heteroatoms. The van der Waals surface area contributed by atoms with Crippen LogP contribution in [-0.2, 0) is 22.6 Å². The molecular formula is C23H23Cl2N3O2S. The van der Waals surface area contributed by atoms with Crippen molar-refractivity contribution in [3.8, 4) is 11.3 Å². The van der Waals surface area contributed by atoms with Gasteiger partial charge in [0.15, 0.2) is 17.2 Å². The summed E-state index contributed by atoms with van der Waals surface area (Å²) in [6, 6.07) is 9.36. The number of anilines is 1. The number of Topliss-reactive ketones (excluding diaryl/α,β-unsaturated/α-hetero) is 1. The lowest BCUT2D eigenvalue weighted by Gasteiger charge is -2.21. The van der Waals surface area contributed by atoms with Gasteiger partial charge in [-0.1, -0.05) is 49.2 Å². The molecule has 0 radical (unpaired) electrons. The number of hydrogen-bond acceptors (Lipinski definition) is 6. The van der Waals surface area contributed by atoms with Crippen molar-refractivity contribution in [3.63, 3.8) is 0 Å². The number of hydrogen-bond donors (Lipinski definition) is 0. The first-order valence-corrected chi connectivity index (χ1v) is 11.5. The van der Waals surface area contributed by atoms with E-state index in [1.165, 1.54) is 0 Å². The van der Waals surface area contributed by atoms with E-state index in [1.54, 1.807) is 29.8 Å². The maximum Gasteiger partial charge on any atom is 0.196 e. The van der Waals surface area contributed by atoms with E-state index < -0.39 is 5.78 Å². The zero-order chi connectivity index (χ0) is 22.4. The Kier molecular flexibility index (Phi) is 8.18. The lowest BCUT2D eigenvalue weighted by atomic mass is 10.0. The van der Waals surface area contributed by atoms with Crippen LogP contribution < -0.4 is 4.90 Å². The number of aldehydes is 1. The number of carbonyl (C=O) groups is 2. The Morgan fingerprint density at radius 1 is 1.23 bits per heavy atom. The first kappa shape index (κ1) is 23.4. The molecule has 0 amide bonds. The number of aromatic nitrogens is 2. The van der Waals surface area contributed by atoms with E-state index in [0.29, 0.717) is 35.3 Å². The SMILES string of the molecule is CC(C)Cc1sc(N(CCC(=O)C=O)Cc2cccnc2)nc1-c1ccc(Cl)c(Cl)c1. The van der Waals surface area contributed by atoms with Gasteiger partial charge < -0.3 is 4.90 Å². The fraction of sp³-hybridized carbons (Fsp3) is 0.304. The highest BCUT2D eigenvalue weighted by atomic mass is 35.5. The van der Waals surface area contributed by atoms with Gasteiger partial charge in [-0.15, -0.1) is 11.3 Å². The van der Waals surface area contributed by atoms with Crippen LogP contribution in [0.15, 0.2) is 42.7 Å². The van der Waals surface area contributed by atoms with Crippen LogP contribution in [0.1, 0.15) is 30.7 Å². The van der Waals surface area contributed by atoms with Crippen LogP contribution in [0.3, 0.4) is 0 Å². The van der Waals surface area contributed by atoms with Gasteiger partial charge in [0.1, 0.15) is 0 Å². The fourth-order valence-corrected chi connectivity index (χ4v) is 4.73. The lowest BCUT2D eigenvalue weighted by molar-refractivity contribution is -0.129. The molecule has 2 heterocycles. The molecule has 2 aromatic heterocycles. The third kappa shape index (κ3) is 6.35. The smallest absolute Gasteiger partial charge is 0.196 e. The topological polar surface area (TPSA) is 63.2 Å². The third-order valence-electron chi connectivity index (χ3n) is 4.60. The van der Waals surface area contributed by atoms with Crippen molar-refractivity contribution in [2.75, 3.05) is 11.4 Å². The van der Waals surface area contributed by atoms with Crippen molar-refractivity contribution in [1.82, 2.24) is 9.97 Å². The number of halogens is 2. The molecule has 162 valence electrons. The highest BCUT2D eigenvalue weighted by Crippen LogP contribution is 2.37. The summed E-state index contributed by atoms with van der Waals surface area (Å²) >= 11 is 14.0. The third-order valence-corrected chi connectivity index (χ3v) is 6.48. The molecule has 31 heavy (non-hydrogen) atoms. The summed E-state index contributed by atoms with van der Waals surface area (Å²) in [5, 5.41) is 1.77. The summed E-state index contributed by atoms with van der Waals surface area (Å²) in [6.07, 6.45) is 4.87. The largest absolute Gasteiger partial charge is 0.343 e. The minimum Gasteiger partial charge on any atom is -0.343 e. The predicted molar refractivity (Wildman–Crippen MR) is 127 cm³/mol. The van der Waals surface area contributed by atoms with E-state index in [1.807, 2.05) is 29.2 Å². The average molecular weight is 476 g/mol. The number of ketones is 1. The average Bonchev–Trinajstić information content (AvgIpc) is 3.16. The van der Waals surface area contributed by atoms with E-state index in [2.05, 4.69) is 18.8 Å². The highest BCUT2D eigenvalue weighted by Gasteiger charge is 2.20. The van der Waals surface area contributed by atoms with Gasteiger partial charge in [0.25, 0.3) is 0 Å². The molecule has 0 saturated heterocycles. The number of thiazole rings is 1. The number of carbonyl (C=O) groups excluding carboxylic acids is 2. The van der Waals surface area contributed by atoms with Crippen molar-refractivity contribution in [1.29, 1.82) is 0 Å². The van der Waals surface area contributed by atoms with E-state index in [0.717, 1.165) is 33.3 Å². The van der Waals surface area contributed by atoms with E-state index in [-0.39, 0.29) is 6.42 Å². The summed E-state index contributed by atoms with van der Waals surface area (Å²) in [6.45, 7) is 5.25. The summed E-state index contributed by atoms with van der Waals surface area (Å²) < 4.78 is 0. The molecule has 0 saturated carbocycles.